The smallest absolute Gasteiger partial charge is 0.179 e. The van der Waals surface area contributed by atoms with Gasteiger partial charge < -0.3 is 0 Å². The number of halogens is 1. The minimum absolute atomic E-state index is 0.000680. The summed E-state index contributed by atoms with van der Waals surface area (Å²) in [4.78, 5) is 21.4. The van der Waals surface area contributed by atoms with Crippen molar-refractivity contribution in [1.82, 2.24) is 25.4 Å². The van der Waals surface area contributed by atoms with Crippen LogP contribution in [0.1, 0.15) is 29.6 Å². The molecule has 2 unspecified atom stereocenters. The standard InChI is InChI=1S/C20H19FN6O/c1-26-20(23-11-25-26)18-15(12-5-3-2-4-6-12)7-13-9-24-27(21)16-8-14(28)10-22-19(18)17(13)16/h2-6,8,11,15,18,24H,7,9-10H2,1H3. The molecule has 1 N–H and O–H groups in total. The first-order valence-corrected chi connectivity index (χ1v) is 9.23. The molecule has 0 saturated heterocycles. The van der Waals surface area contributed by atoms with Crippen molar-refractivity contribution in [3.63, 3.8) is 0 Å². The second-order valence-electron chi connectivity index (χ2n) is 7.23. The fourth-order valence-electron chi connectivity index (χ4n) is 4.40. The van der Waals surface area contributed by atoms with Gasteiger partial charge in [0, 0.05) is 31.2 Å². The lowest BCUT2D eigenvalue weighted by Crippen LogP contribution is -2.43. The molecule has 0 fully saturated rings. The van der Waals surface area contributed by atoms with Crippen molar-refractivity contribution in [3.8, 4) is 0 Å². The summed E-state index contributed by atoms with van der Waals surface area (Å²) in [6, 6.07) is 10.2. The van der Waals surface area contributed by atoms with Gasteiger partial charge >= 0.3 is 0 Å². The molecule has 8 heteroatoms. The van der Waals surface area contributed by atoms with Gasteiger partial charge in [0.25, 0.3) is 0 Å². The quantitative estimate of drug-likeness (QED) is 0.809. The van der Waals surface area contributed by atoms with Crippen LogP contribution in [0.3, 0.4) is 0 Å². The van der Waals surface area contributed by atoms with E-state index in [1.54, 1.807) is 4.68 Å². The molecule has 0 amide bonds. The molecule has 3 heterocycles. The number of nitrogens with zero attached hydrogens (tertiary/aromatic N) is 5. The predicted octanol–water partition coefficient (Wildman–Crippen LogP) is 2.00. The molecule has 2 atom stereocenters. The molecule has 0 spiro atoms. The van der Waals surface area contributed by atoms with E-state index in [2.05, 4.69) is 32.6 Å². The number of rotatable bonds is 2. The van der Waals surface area contributed by atoms with Gasteiger partial charge in [0.05, 0.1) is 11.6 Å². The average molecular weight is 378 g/mol. The molecule has 2 aromatic rings. The zero-order valence-electron chi connectivity index (χ0n) is 15.3. The van der Waals surface area contributed by atoms with Crippen molar-refractivity contribution >= 4 is 11.5 Å². The van der Waals surface area contributed by atoms with Gasteiger partial charge in [-0.25, -0.2) is 10.4 Å². The van der Waals surface area contributed by atoms with E-state index in [0.29, 0.717) is 17.5 Å². The van der Waals surface area contributed by atoms with Gasteiger partial charge in [-0.1, -0.05) is 34.8 Å². The second kappa shape index (κ2) is 6.49. The number of aryl methyl sites for hydroxylation is 1. The summed E-state index contributed by atoms with van der Waals surface area (Å²) >= 11 is 0. The van der Waals surface area contributed by atoms with E-state index in [4.69, 9.17) is 0 Å². The van der Waals surface area contributed by atoms with Gasteiger partial charge in [-0.05, 0) is 17.6 Å². The fraction of sp³-hybridized carbons (Fsp3) is 0.300. The van der Waals surface area contributed by atoms with Crippen molar-refractivity contribution in [2.24, 2.45) is 12.0 Å². The summed E-state index contributed by atoms with van der Waals surface area (Å²) in [6.07, 6.45) is 3.58. The van der Waals surface area contributed by atoms with Gasteiger partial charge in [-0.15, -0.1) is 5.23 Å². The Morgan fingerprint density at radius 3 is 2.82 bits per heavy atom. The minimum Gasteiger partial charge on any atom is -0.293 e. The number of carbonyl (C=O) groups is 1. The van der Waals surface area contributed by atoms with Gasteiger partial charge in [-0.3, -0.25) is 14.5 Å². The third kappa shape index (κ3) is 2.60. The van der Waals surface area contributed by atoms with E-state index in [-0.39, 0.29) is 29.9 Å². The van der Waals surface area contributed by atoms with Crippen LogP contribution in [-0.4, -0.2) is 44.6 Å². The molecule has 1 aliphatic carbocycles. The monoisotopic (exact) mass is 378 g/mol. The lowest BCUT2D eigenvalue weighted by atomic mass is 9.70. The topological polar surface area (TPSA) is 75.4 Å². The summed E-state index contributed by atoms with van der Waals surface area (Å²) in [5.41, 5.74) is 6.62. The Morgan fingerprint density at radius 2 is 2.07 bits per heavy atom. The molecule has 1 aromatic carbocycles. The maximum absolute atomic E-state index is 14.5. The van der Waals surface area contributed by atoms with E-state index in [1.165, 1.54) is 12.4 Å². The Labute approximate surface area is 161 Å². The molecule has 1 aromatic heterocycles. The van der Waals surface area contributed by atoms with Crippen molar-refractivity contribution < 1.29 is 9.28 Å². The zero-order chi connectivity index (χ0) is 19.3. The van der Waals surface area contributed by atoms with E-state index in [1.807, 2.05) is 25.2 Å². The van der Waals surface area contributed by atoms with Crippen LogP contribution in [0.2, 0.25) is 0 Å². The SMILES string of the molecule is Cn1ncnc1C1C2=NCC(=O)C=C3C2=C(CNN3F)CC1c1ccccc1. The predicted molar refractivity (Wildman–Crippen MR) is 101 cm³/mol. The van der Waals surface area contributed by atoms with Crippen LogP contribution in [-0.2, 0) is 11.8 Å². The van der Waals surface area contributed by atoms with Crippen LogP contribution in [0.15, 0.2) is 64.6 Å². The molecular weight excluding hydrogens is 359 g/mol. The molecule has 0 saturated carbocycles. The third-order valence-electron chi connectivity index (χ3n) is 5.63. The highest BCUT2D eigenvalue weighted by Gasteiger charge is 2.44. The molecular formula is C20H19FN6O. The van der Waals surface area contributed by atoms with Crippen LogP contribution in [0.4, 0.5) is 4.48 Å². The number of hydrazine groups is 1. The Kier molecular flexibility index (Phi) is 3.94. The van der Waals surface area contributed by atoms with Crippen molar-refractivity contribution in [2.75, 3.05) is 13.1 Å². The second-order valence-corrected chi connectivity index (χ2v) is 7.23. The number of aliphatic imine (C=N–C) groups is 1. The summed E-state index contributed by atoms with van der Waals surface area (Å²) in [7, 11) is 1.84. The number of carbonyl (C=O) groups excluding carboxylic acids is 1. The van der Waals surface area contributed by atoms with Crippen LogP contribution in [0, 0.1) is 0 Å². The first-order chi connectivity index (χ1) is 13.6. The molecule has 0 radical (unpaired) electrons. The minimum atomic E-state index is -0.219. The van der Waals surface area contributed by atoms with E-state index >= 15 is 0 Å². The molecule has 3 aliphatic rings. The van der Waals surface area contributed by atoms with Crippen molar-refractivity contribution in [1.29, 1.82) is 0 Å². The number of hydrogen-bond donors (Lipinski definition) is 1. The Morgan fingerprint density at radius 1 is 1.25 bits per heavy atom. The maximum Gasteiger partial charge on any atom is 0.179 e. The number of benzene rings is 1. The normalized spacial score (nSPS) is 24.5. The molecule has 0 bridgehead atoms. The third-order valence-corrected chi connectivity index (χ3v) is 5.63. The molecule has 2 aliphatic heterocycles. The highest BCUT2D eigenvalue weighted by atomic mass is 19.2. The van der Waals surface area contributed by atoms with E-state index in [9.17, 15) is 9.28 Å². The first-order valence-electron chi connectivity index (χ1n) is 9.23. The van der Waals surface area contributed by atoms with Gasteiger partial charge in [0.1, 0.15) is 24.4 Å². The van der Waals surface area contributed by atoms with Gasteiger partial charge in [0.15, 0.2) is 5.78 Å². The number of hydrogen-bond acceptors (Lipinski definition) is 6. The summed E-state index contributed by atoms with van der Waals surface area (Å²) < 4.78 is 16.3. The van der Waals surface area contributed by atoms with Crippen LogP contribution >= 0.6 is 0 Å². The van der Waals surface area contributed by atoms with Crippen molar-refractivity contribution in [2.45, 2.75) is 18.3 Å². The van der Waals surface area contributed by atoms with E-state index in [0.717, 1.165) is 29.0 Å². The van der Waals surface area contributed by atoms with E-state index < -0.39 is 0 Å². The number of ketones is 1. The number of aromatic nitrogens is 3. The molecule has 7 nitrogen and oxygen atoms in total. The van der Waals surface area contributed by atoms with Gasteiger partial charge in [-0.2, -0.15) is 5.10 Å². The van der Waals surface area contributed by atoms with Crippen LogP contribution < -0.4 is 5.43 Å². The lowest BCUT2D eigenvalue weighted by Gasteiger charge is -2.39. The molecule has 28 heavy (non-hydrogen) atoms. The van der Waals surface area contributed by atoms with Crippen LogP contribution in [0.5, 0.6) is 0 Å². The highest BCUT2D eigenvalue weighted by Crippen LogP contribution is 2.47. The summed E-state index contributed by atoms with van der Waals surface area (Å²) in [5, 5.41) is 4.68. The number of nitrogens with one attached hydrogen (secondary N) is 1. The van der Waals surface area contributed by atoms with Crippen LogP contribution in [0.25, 0.3) is 0 Å². The van der Waals surface area contributed by atoms with Gasteiger partial charge in [0.2, 0.25) is 0 Å². The zero-order valence-corrected chi connectivity index (χ0v) is 15.3. The summed E-state index contributed by atoms with van der Waals surface area (Å²) in [6.45, 7) is 0.380. The largest absolute Gasteiger partial charge is 0.293 e. The molecule has 5 rings (SSSR count). The Hall–Kier alpha value is -3.13. The van der Waals surface area contributed by atoms with Crippen molar-refractivity contribution in [3.05, 3.63) is 71.0 Å². The average Bonchev–Trinajstić information content (AvgIpc) is 3.04. The summed E-state index contributed by atoms with van der Waals surface area (Å²) in [5.74, 6) is 0.401. The number of allylic oxidation sites excluding steroid dienone is 1. The molecule has 142 valence electrons. The lowest BCUT2D eigenvalue weighted by molar-refractivity contribution is -0.113. The Balaban J connectivity index is 1.75. The fourth-order valence-corrected chi connectivity index (χ4v) is 4.40. The highest BCUT2D eigenvalue weighted by molar-refractivity contribution is 6.13. The Bertz CT molecular complexity index is 1040. The first kappa shape index (κ1) is 17.0. The maximum atomic E-state index is 14.5.